The normalized spacial score (nSPS) is 5.80. The van der Waals surface area contributed by atoms with Gasteiger partial charge < -0.3 is 16.7 Å². The molecule has 0 fully saturated rings. The molecule has 0 rings (SSSR count). The maximum absolute atomic E-state index is 8.74. The van der Waals surface area contributed by atoms with Crippen LogP contribution in [0.1, 0.15) is 5.71 Å². The van der Waals surface area contributed by atoms with Gasteiger partial charge in [0, 0.05) is 0 Å². The number of hydrogen-bond donors (Lipinski definition) is 2. The molecule has 0 saturated heterocycles. The number of rotatable bonds is 0. The van der Waals surface area contributed by atoms with Gasteiger partial charge in [-0.15, -0.1) is 0 Å². The Hall–Kier alpha value is 2.65. The van der Waals surface area contributed by atoms with Crippen LogP contribution in [0.4, 0.5) is 0 Å². The van der Waals surface area contributed by atoms with Gasteiger partial charge in [-0.3, -0.25) is 9.11 Å². The summed E-state index contributed by atoms with van der Waals surface area (Å²) in [6.45, 7) is 0. The molecule has 0 aliphatic heterocycles. The average Bonchev–Trinajstić information content (AvgIpc) is 0.722. The van der Waals surface area contributed by atoms with Crippen molar-refractivity contribution in [1.29, 1.82) is 0 Å². The zero-order valence-corrected chi connectivity index (χ0v) is 10.9. The fourth-order valence-electron chi connectivity index (χ4n) is 0. The van der Waals surface area contributed by atoms with Crippen LogP contribution < -0.4 is 48.4 Å². The Morgan fingerprint density at radius 1 is 1.10 bits per heavy atom. The van der Waals surface area contributed by atoms with Crippen LogP contribution in [-0.4, -0.2) is 66.2 Å². The van der Waals surface area contributed by atoms with Crippen LogP contribution in [0.15, 0.2) is 0 Å². The van der Waals surface area contributed by atoms with E-state index in [1.165, 1.54) is 0 Å². The van der Waals surface area contributed by atoms with Crippen molar-refractivity contribution in [2.45, 2.75) is 0 Å². The third-order valence-corrected chi connectivity index (χ3v) is 0. The minimum absolute atomic E-state index is 0. The first-order chi connectivity index (χ1) is 2.00. The van der Waals surface area contributed by atoms with E-state index in [1.807, 2.05) is 0 Å². The molecule has 0 amide bonds. The zero-order chi connectivity index (χ0) is 4.50. The van der Waals surface area contributed by atoms with E-state index in [2.05, 4.69) is 0 Å². The summed E-state index contributed by atoms with van der Waals surface area (Å²) in [4.78, 5) is 0. The summed E-state index contributed by atoms with van der Waals surface area (Å²) < 4.78 is 31.6. The van der Waals surface area contributed by atoms with Crippen LogP contribution in [0.3, 0.4) is 0 Å². The van der Waals surface area contributed by atoms with Crippen LogP contribution in [0.25, 0.3) is 0 Å². The fraction of sp³-hybridized carbons (Fsp3) is 0. The van der Waals surface area contributed by atoms with E-state index in [0.717, 1.165) is 0 Å². The first-order valence-electron chi connectivity index (χ1n) is 0.698. The molecule has 0 unspecified atom stereocenters. The van der Waals surface area contributed by atoms with Gasteiger partial charge in [0.2, 0.25) is 0 Å². The predicted molar refractivity (Wildman–Crippen MR) is 31.6 cm³/mol. The van der Waals surface area contributed by atoms with Gasteiger partial charge >= 0.3 is 96.6 Å². The molecule has 6 N–H and O–H groups in total. The second-order valence-corrected chi connectivity index (χ2v) is 1.34. The van der Waals surface area contributed by atoms with Crippen molar-refractivity contribution in [2.75, 3.05) is 0 Å². The third-order valence-electron chi connectivity index (χ3n) is 0. The SMILES string of the molecule is O.O.O=S(=O)(O)O.[Ca+2].[H-].[H-].[H-].[H-].[Li+].[Na+]. The largest absolute Gasteiger partial charge is 2.00 e. The van der Waals surface area contributed by atoms with Gasteiger partial charge in [0.1, 0.15) is 0 Å². The van der Waals surface area contributed by atoms with Gasteiger partial charge in [-0.05, 0) is 0 Å². The summed E-state index contributed by atoms with van der Waals surface area (Å²) in [6, 6.07) is 0. The molecule has 0 aromatic carbocycles. The zero-order valence-electron chi connectivity index (χ0n) is 9.83. The Morgan fingerprint density at radius 3 is 1.10 bits per heavy atom. The van der Waals surface area contributed by atoms with Gasteiger partial charge in [0.15, 0.2) is 0 Å². The van der Waals surface area contributed by atoms with Crippen LogP contribution >= 0.6 is 0 Å². The molecule has 0 radical (unpaired) electrons. The monoisotopic (exact) mass is 208 g/mol. The van der Waals surface area contributed by atoms with E-state index in [9.17, 15) is 0 Å². The standard InChI is InChI=1S/Ca.Li.Na.H2O4S.2H2O.4H/c;;;1-5(2,3)4;;;;;;/h;;;(H2,1,2,3,4);2*1H2;;;;/q+2;2*+1;;;;4*-1. The molecule has 0 saturated carbocycles. The molecule has 0 atom stereocenters. The van der Waals surface area contributed by atoms with Crippen molar-refractivity contribution >= 4 is 48.1 Å². The van der Waals surface area contributed by atoms with Crippen LogP contribution in [0, 0.1) is 0 Å². The topological polar surface area (TPSA) is 138 Å². The van der Waals surface area contributed by atoms with Gasteiger partial charge in [-0.1, -0.05) is 0 Å². The first kappa shape index (κ1) is 38.8. The Kier molecular flexibility index (Phi) is 68.6. The quantitative estimate of drug-likeness (QED) is 0.301. The molecule has 10 heteroatoms. The average molecular weight is 208 g/mol. The summed E-state index contributed by atoms with van der Waals surface area (Å²) in [6.07, 6.45) is 0. The van der Waals surface area contributed by atoms with Crippen molar-refractivity contribution in [3.8, 4) is 0 Å². The Morgan fingerprint density at radius 2 is 1.10 bits per heavy atom. The molecule has 0 aromatic rings. The van der Waals surface area contributed by atoms with Gasteiger partial charge in [-0.2, -0.15) is 8.42 Å². The van der Waals surface area contributed by atoms with Gasteiger partial charge in [0.05, 0.1) is 0 Å². The van der Waals surface area contributed by atoms with Crippen LogP contribution in [0.2, 0.25) is 0 Å². The van der Waals surface area contributed by atoms with E-state index < -0.39 is 10.4 Å². The Balaban J connectivity index is -0.00000000222. The van der Waals surface area contributed by atoms with Crippen molar-refractivity contribution in [1.82, 2.24) is 0 Å². The van der Waals surface area contributed by atoms with E-state index in [1.54, 1.807) is 0 Å². The molecule has 0 aliphatic rings. The van der Waals surface area contributed by atoms with Crippen LogP contribution in [0.5, 0.6) is 0 Å². The Labute approximate surface area is 129 Å². The summed E-state index contributed by atoms with van der Waals surface area (Å²) >= 11 is 0. The summed E-state index contributed by atoms with van der Waals surface area (Å²) in [5, 5.41) is 0. The van der Waals surface area contributed by atoms with Crippen molar-refractivity contribution in [3.63, 3.8) is 0 Å². The minimum Gasteiger partial charge on any atom is -1.00 e. The van der Waals surface area contributed by atoms with E-state index in [-0.39, 0.29) is 103 Å². The maximum Gasteiger partial charge on any atom is 2.00 e. The van der Waals surface area contributed by atoms with E-state index in [4.69, 9.17) is 17.5 Å². The van der Waals surface area contributed by atoms with Crippen LogP contribution in [-0.2, 0) is 10.4 Å². The molecule has 6 nitrogen and oxygen atoms in total. The van der Waals surface area contributed by atoms with E-state index in [0.29, 0.717) is 0 Å². The smallest absolute Gasteiger partial charge is 1.00 e. The maximum atomic E-state index is 8.74. The molecule has 10 heavy (non-hydrogen) atoms. The van der Waals surface area contributed by atoms with Crippen molar-refractivity contribution < 1.29 is 82.6 Å². The predicted octanol–water partition coefficient (Wildman–Crippen LogP) is -8.22. The third kappa shape index (κ3) is 141. The summed E-state index contributed by atoms with van der Waals surface area (Å²) in [5.74, 6) is 0. The molecular weight excluding hydrogens is 198 g/mol. The van der Waals surface area contributed by atoms with Gasteiger partial charge in [0.25, 0.3) is 0 Å². The first-order valence-corrected chi connectivity index (χ1v) is 2.10. The summed E-state index contributed by atoms with van der Waals surface area (Å²) in [5.41, 5.74) is 0. The molecule has 0 spiro atoms. The Bertz CT molecular complexity index is 113. The molecule has 0 bridgehead atoms. The minimum atomic E-state index is -4.67. The molecule has 0 heterocycles. The second-order valence-electron chi connectivity index (χ2n) is 0.448. The van der Waals surface area contributed by atoms with Gasteiger partial charge in [-0.25, -0.2) is 0 Å². The molecule has 0 aliphatic carbocycles. The number of hydrogen-bond acceptors (Lipinski definition) is 2. The summed E-state index contributed by atoms with van der Waals surface area (Å²) in [7, 11) is -4.67. The van der Waals surface area contributed by atoms with Crippen molar-refractivity contribution in [2.24, 2.45) is 0 Å². The second kappa shape index (κ2) is 17.7. The van der Waals surface area contributed by atoms with E-state index >= 15 is 0 Å². The molecule has 56 valence electrons. The fourth-order valence-corrected chi connectivity index (χ4v) is 0. The molecular formula is H10CaLiNaO6S. The molecule has 0 aromatic heterocycles. The van der Waals surface area contributed by atoms with Crippen molar-refractivity contribution in [3.05, 3.63) is 0 Å².